The molecule has 6 nitrogen and oxygen atoms in total. The zero-order valence-electron chi connectivity index (χ0n) is 11.2. The molecule has 1 fully saturated rings. The number of nitrogens with zero attached hydrogens (tertiary/aromatic N) is 2. The minimum atomic E-state index is -4.34. The molecule has 0 aromatic rings. The highest BCUT2D eigenvalue weighted by molar-refractivity contribution is 7.86. The van der Waals surface area contributed by atoms with Gasteiger partial charge in [0.05, 0.1) is 5.92 Å². The molecule has 0 aromatic carbocycles. The summed E-state index contributed by atoms with van der Waals surface area (Å²) >= 11 is 0. The van der Waals surface area contributed by atoms with Gasteiger partial charge in [-0.1, -0.05) is 6.08 Å². The van der Waals surface area contributed by atoms with Crippen molar-refractivity contribution in [1.82, 2.24) is 8.61 Å². The largest absolute Gasteiger partial charge is 0.480 e. The number of carbonyl (C=O) groups is 1. The van der Waals surface area contributed by atoms with Crippen LogP contribution in [0, 0.1) is 5.92 Å². The summed E-state index contributed by atoms with van der Waals surface area (Å²) in [7, 11) is -4.10. The van der Waals surface area contributed by atoms with Crippen molar-refractivity contribution in [1.29, 1.82) is 0 Å². The molecule has 1 heterocycles. The van der Waals surface area contributed by atoms with E-state index in [9.17, 15) is 26.4 Å². The van der Waals surface area contributed by atoms with Crippen LogP contribution in [0.4, 0.5) is 13.2 Å². The van der Waals surface area contributed by atoms with E-state index in [2.05, 4.69) is 6.58 Å². The highest BCUT2D eigenvalue weighted by Crippen LogP contribution is 2.34. The van der Waals surface area contributed by atoms with Crippen molar-refractivity contribution in [2.45, 2.75) is 19.0 Å². The Balaban J connectivity index is 2.79. The molecule has 1 aliphatic rings. The second-order valence-electron chi connectivity index (χ2n) is 4.70. The molecular formula is C11H17F3N2O4S. The van der Waals surface area contributed by atoms with Crippen LogP contribution in [0.25, 0.3) is 0 Å². The molecule has 0 saturated carbocycles. The molecule has 0 atom stereocenters. The number of hydrogen-bond acceptors (Lipinski definition) is 3. The minimum Gasteiger partial charge on any atom is -0.480 e. The molecule has 0 aromatic heterocycles. The van der Waals surface area contributed by atoms with Gasteiger partial charge in [0.1, 0.15) is 6.54 Å². The first-order valence-corrected chi connectivity index (χ1v) is 7.63. The SMILES string of the molecule is C=CCN(CC(=O)O)S(=O)(=O)N1CCC(C(F)(F)F)CC1. The van der Waals surface area contributed by atoms with Crippen molar-refractivity contribution in [2.75, 3.05) is 26.2 Å². The lowest BCUT2D eigenvalue weighted by Gasteiger charge is -2.34. The van der Waals surface area contributed by atoms with Crippen LogP contribution >= 0.6 is 0 Å². The molecule has 1 aliphatic heterocycles. The standard InChI is InChI=1S/C11H17F3N2O4S/c1-2-5-16(8-10(17)18)21(19,20)15-6-3-9(4-7-15)11(12,13)14/h2,9H,1,3-8H2,(H,17,18). The predicted molar refractivity (Wildman–Crippen MR) is 68.7 cm³/mol. The van der Waals surface area contributed by atoms with E-state index < -0.39 is 34.8 Å². The second-order valence-corrected chi connectivity index (χ2v) is 6.63. The lowest BCUT2D eigenvalue weighted by molar-refractivity contribution is -0.182. The van der Waals surface area contributed by atoms with E-state index in [4.69, 9.17) is 5.11 Å². The van der Waals surface area contributed by atoms with E-state index >= 15 is 0 Å². The van der Waals surface area contributed by atoms with E-state index in [-0.39, 0.29) is 32.5 Å². The van der Waals surface area contributed by atoms with Crippen LogP contribution in [0.15, 0.2) is 12.7 Å². The van der Waals surface area contributed by atoms with Crippen LogP contribution in [0.3, 0.4) is 0 Å². The van der Waals surface area contributed by atoms with Crippen LogP contribution < -0.4 is 0 Å². The minimum absolute atomic E-state index is 0.214. The molecule has 10 heteroatoms. The summed E-state index contributed by atoms with van der Waals surface area (Å²) in [6.45, 7) is 1.82. The van der Waals surface area contributed by atoms with Crippen molar-refractivity contribution in [3.8, 4) is 0 Å². The van der Waals surface area contributed by atoms with Crippen LogP contribution in [-0.2, 0) is 15.0 Å². The number of carboxylic acid groups (broad SMARTS) is 1. The third-order valence-electron chi connectivity index (χ3n) is 3.21. The van der Waals surface area contributed by atoms with E-state index in [1.54, 1.807) is 0 Å². The highest BCUT2D eigenvalue weighted by atomic mass is 32.2. The van der Waals surface area contributed by atoms with Crippen molar-refractivity contribution >= 4 is 16.2 Å². The maximum atomic E-state index is 12.5. The van der Waals surface area contributed by atoms with E-state index in [1.807, 2.05) is 0 Å². The summed E-state index contributed by atoms with van der Waals surface area (Å²) in [6.07, 6.45) is -3.75. The quantitative estimate of drug-likeness (QED) is 0.739. The number of halogens is 3. The first kappa shape index (κ1) is 17.9. The Bertz CT molecular complexity index is 484. The Morgan fingerprint density at radius 3 is 2.29 bits per heavy atom. The van der Waals surface area contributed by atoms with Gasteiger partial charge in [0.25, 0.3) is 10.2 Å². The van der Waals surface area contributed by atoms with Crippen molar-refractivity contribution in [3.63, 3.8) is 0 Å². The number of rotatable bonds is 6. The first-order chi connectivity index (χ1) is 9.59. The second kappa shape index (κ2) is 6.75. The van der Waals surface area contributed by atoms with Gasteiger partial charge in [0.15, 0.2) is 0 Å². The van der Waals surface area contributed by atoms with Gasteiger partial charge in [-0.2, -0.15) is 30.2 Å². The number of aliphatic carboxylic acids is 1. The van der Waals surface area contributed by atoms with Gasteiger partial charge in [0, 0.05) is 19.6 Å². The van der Waals surface area contributed by atoms with Crippen molar-refractivity contribution in [2.24, 2.45) is 5.92 Å². The molecule has 0 amide bonds. The summed E-state index contributed by atoms with van der Waals surface area (Å²) in [5.41, 5.74) is 0. The predicted octanol–water partition coefficient (Wildman–Crippen LogP) is 1.08. The summed E-state index contributed by atoms with van der Waals surface area (Å²) in [4.78, 5) is 10.7. The Morgan fingerprint density at radius 2 is 1.90 bits per heavy atom. The molecule has 0 spiro atoms. The summed E-state index contributed by atoms with van der Waals surface area (Å²) in [5, 5.41) is 8.71. The van der Waals surface area contributed by atoms with Gasteiger partial charge in [0.2, 0.25) is 0 Å². The number of hydrogen-bond donors (Lipinski definition) is 1. The fourth-order valence-corrected chi connectivity index (χ4v) is 3.68. The van der Waals surface area contributed by atoms with Gasteiger partial charge >= 0.3 is 12.1 Å². The molecule has 1 rings (SSSR count). The Morgan fingerprint density at radius 1 is 1.38 bits per heavy atom. The molecule has 0 bridgehead atoms. The molecule has 1 N–H and O–H groups in total. The van der Waals surface area contributed by atoms with Crippen molar-refractivity contribution < 1.29 is 31.5 Å². The van der Waals surface area contributed by atoms with Crippen LogP contribution in [0.1, 0.15) is 12.8 Å². The first-order valence-electron chi connectivity index (χ1n) is 6.23. The molecule has 0 radical (unpaired) electrons. The number of carboxylic acids is 1. The van der Waals surface area contributed by atoms with Gasteiger partial charge in [-0.15, -0.1) is 6.58 Å². The van der Waals surface area contributed by atoms with Crippen LogP contribution in [-0.4, -0.2) is 60.5 Å². The molecule has 0 aliphatic carbocycles. The van der Waals surface area contributed by atoms with Gasteiger partial charge in [-0.25, -0.2) is 0 Å². The third kappa shape index (κ3) is 4.68. The Labute approximate surface area is 121 Å². The lowest BCUT2D eigenvalue weighted by atomic mass is 9.98. The molecule has 0 unspecified atom stereocenters. The molecule has 1 saturated heterocycles. The molecule has 122 valence electrons. The summed E-state index contributed by atoms with van der Waals surface area (Å²) < 4.78 is 63.7. The van der Waals surface area contributed by atoms with Crippen LogP contribution in [0.5, 0.6) is 0 Å². The zero-order valence-corrected chi connectivity index (χ0v) is 12.0. The van der Waals surface area contributed by atoms with Gasteiger partial charge in [-0.05, 0) is 12.8 Å². The summed E-state index contributed by atoms with van der Waals surface area (Å²) in [6, 6.07) is 0. The summed E-state index contributed by atoms with van der Waals surface area (Å²) in [5.74, 6) is -2.86. The average Bonchev–Trinajstić information content (AvgIpc) is 2.37. The Kier molecular flexibility index (Phi) is 5.76. The van der Waals surface area contributed by atoms with Crippen molar-refractivity contribution in [3.05, 3.63) is 12.7 Å². The van der Waals surface area contributed by atoms with E-state index in [0.717, 1.165) is 4.31 Å². The Hall–Kier alpha value is -1.13. The molecule has 21 heavy (non-hydrogen) atoms. The lowest BCUT2D eigenvalue weighted by Crippen LogP contribution is -2.49. The van der Waals surface area contributed by atoms with E-state index in [1.165, 1.54) is 6.08 Å². The monoisotopic (exact) mass is 330 g/mol. The third-order valence-corrected chi connectivity index (χ3v) is 5.16. The van der Waals surface area contributed by atoms with E-state index in [0.29, 0.717) is 4.31 Å². The average molecular weight is 330 g/mol. The molecular weight excluding hydrogens is 313 g/mol. The highest BCUT2D eigenvalue weighted by Gasteiger charge is 2.43. The maximum Gasteiger partial charge on any atom is 0.391 e. The number of alkyl halides is 3. The fourth-order valence-electron chi connectivity index (χ4n) is 2.11. The normalized spacial score (nSPS) is 18.9. The topological polar surface area (TPSA) is 77.9 Å². The fraction of sp³-hybridized carbons (Fsp3) is 0.727. The van der Waals surface area contributed by atoms with Gasteiger partial charge < -0.3 is 5.11 Å². The maximum absolute atomic E-state index is 12.5. The number of piperidine rings is 1. The van der Waals surface area contributed by atoms with Crippen LogP contribution in [0.2, 0.25) is 0 Å². The van der Waals surface area contributed by atoms with Gasteiger partial charge in [-0.3, -0.25) is 4.79 Å². The zero-order chi connectivity index (χ0) is 16.3. The smallest absolute Gasteiger partial charge is 0.391 e.